The van der Waals surface area contributed by atoms with E-state index in [1.807, 2.05) is 36.4 Å². The number of ether oxygens (including phenoxy) is 4. The highest BCUT2D eigenvalue weighted by Gasteiger charge is 2.13. The van der Waals surface area contributed by atoms with Gasteiger partial charge in [0.05, 0.1) is 7.11 Å². The molecule has 5 nitrogen and oxygen atoms in total. The maximum atomic E-state index is 6.21. The van der Waals surface area contributed by atoms with Gasteiger partial charge in [-0.1, -0.05) is 35.3 Å². The standard InChI is InChI=1S/C22H19Cl2NO4/c1-26-21-9-14(11-25-15-6-8-20-22(10-15)29-13-28-20)5-7-19(21)27-12-16-17(23)3-2-4-18(16)24/h2-10,25H,11-13H2,1H3. The summed E-state index contributed by atoms with van der Waals surface area (Å²) in [6, 6.07) is 16.9. The summed E-state index contributed by atoms with van der Waals surface area (Å²) in [5.41, 5.74) is 2.73. The molecule has 0 fully saturated rings. The summed E-state index contributed by atoms with van der Waals surface area (Å²) in [7, 11) is 1.61. The van der Waals surface area contributed by atoms with Gasteiger partial charge in [-0.05, 0) is 42.0 Å². The third kappa shape index (κ3) is 4.47. The van der Waals surface area contributed by atoms with Gasteiger partial charge in [-0.15, -0.1) is 0 Å². The van der Waals surface area contributed by atoms with Crippen LogP contribution < -0.4 is 24.3 Å². The van der Waals surface area contributed by atoms with Gasteiger partial charge in [0.1, 0.15) is 6.61 Å². The third-order valence-corrected chi connectivity index (χ3v) is 5.24. The molecule has 0 saturated carbocycles. The van der Waals surface area contributed by atoms with Crippen LogP contribution in [0.25, 0.3) is 0 Å². The molecule has 0 atom stereocenters. The van der Waals surface area contributed by atoms with Crippen molar-refractivity contribution < 1.29 is 18.9 Å². The van der Waals surface area contributed by atoms with Crippen LogP contribution in [0.5, 0.6) is 23.0 Å². The molecule has 150 valence electrons. The van der Waals surface area contributed by atoms with Crippen molar-refractivity contribution in [1.82, 2.24) is 0 Å². The Kier molecular flexibility index (Phi) is 5.88. The van der Waals surface area contributed by atoms with Crippen molar-refractivity contribution in [3.63, 3.8) is 0 Å². The quantitative estimate of drug-likeness (QED) is 0.502. The molecule has 0 radical (unpaired) electrons. The number of benzene rings is 3. The van der Waals surface area contributed by atoms with E-state index in [9.17, 15) is 0 Å². The third-order valence-electron chi connectivity index (χ3n) is 4.53. The van der Waals surface area contributed by atoms with Gasteiger partial charge in [0, 0.05) is 33.9 Å². The van der Waals surface area contributed by atoms with E-state index in [1.165, 1.54) is 0 Å². The zero-order valence-electron chi connectivity index (χ0n) is 15.7. The van der Waals surface area contributed by atoms with Gasteiger partial charge in [-0.25, -0.2) is 0 Å². The zero-order valence-corrected chi connectivity index (χ0v) is 17.2. The molecule has 4 rings (SSSR count). The molecule has 3 aromatic rings. The molecule has 1 aliphatic heterocycles. The molecule has 0 bridgehead atoms. The van der Waals surface area contributed by atoms with E-state index in [2.05, 4.69) is 5.32 Å². The van der Waals surface area contributed by atoms with Crippen molar-refractivity contribution in [1.29, 1.82) is 0 Å². The molecule has 1 heterocycles. The van der Waals surface area contributed by atoms with E-state index in [4.69, 9.17) is 42.1 Å². The first kappa shape index (κ1) is 19.6. The van der Waals surface area contributed by atoms with E-state index in [0.29, 0.717) is 28.1 Å². The molecule has 0 spiro atoms. The minimum absolute atomic E-state index is 0.254. The number of rotatable bonds is 7. The average Bonchev–Trinajstić information content (AvgIpc) is 3.20. The fraction of sp³-hybridized carbons (Fsp3) is 0.182. The first-order valence-corrected chi connectivity index (χ1v) is 9.76. The predicted molar refractivity (Wildman–Crippen MR) is 114 cm³/mol. The first-order valence-electron chi connectivity index (χ1n) is 9.00. The van der Waals surface area contributed by atoms with Gasteiger partial charge in [-0.2, -0.15) is 0 Å². The van der Waals surface area contributed by atoms with E-state index in [0.717, 1.165) is 28.3 Å². The molecular formula is C22H19Cl2NO4. The summed E-state index contributed by atoms with van der Waals surface area (Å²) in [5, 5.41) is 4.51. The summed E-state index contributed by atoms with van der Waals surface area (Å²) in [6.07, 6.45) is 0. The minimum Gasteiger partial charge on any atom is -0.493 e. The lowest BCUT2D eigenvalue weighted by Crippen LogP contribution is -2.02. The van der Waals surface area contributed by atoms with Crippen LogP contribution in [0.15, 0.2) is 54.6 Å². The minimum atomic E-state index is 0.254. The van der Waals surface area contributed by atoms with Crippen LogP contribution in [-0.4, -0.2) is 13.9 Å². The number of hydrogen-bond donors (Lipinski definition) is 1. The second-order valence-electron chi connectivity index (χ2n) is 6.40. The van der Waals surface area contributed by atoms with Gasteiger partial charge >= 0.3 is 0 Å². The van der Waals surface area contributed by atoms with E-state index < -0.39 is 0 Å². The van der Waals surface area contributed by atoms with Gasteiger partial charge in [-0.3, -0.25) is 0 Å². The fourth-order valence-corrected chi connectivity index (χ4v) is 3.48. The highest BCUT2D eigenvalue weighted by Crippen LogP contribution is 2.35. The maximum absolute atomic E-state index is 6.21. The average molecular weight is 432 g/mol. The lowest BCUT2D eigenvalue weighted by Gasteiger charge is -2.14. The Morgan fingerprint density at radius 2 is 1.72 bits per heavy atom. The molecule has 0 aromatic heterocycles. The Bertz CT molecular complexity index is 1010. The number of halogens is 2. The smallest absolute Gasteiger partial charge is 0.231 e. The van der Waals surface area contributed by atoms with Crippen molar-refractivity contribution in [2.24, 2.45) is 0 Å². The fourth-order valence-electron chi connectivity index (χ4n) is 2.97. The Morgan fingerprint density at radius 3 is 2.52 bits per heavy atom. The monoisotopic (exact) mass is 431 g/mol. The summed E-state index contributed by atoms with van der Waals surface area (Å²) in [5.74, 6) is 2.76. The van der Waals surface area contributed by atoms with Crippen LogP contribution in [-0.2, 0) is 13.2 Å². The Labute approximate surface area is 179 Å². The van der Waals surface area contributed by atoms with Gasteiger partial charge in [0.2, 0.25) is 6.79 Å². The Morgan fingerprint density at radius 1 is 0.931 bits per heavy atom. The topological polar surface area (TPSA) is 49.0 Å². The summed E-state index contributed by atoms with van der Waals surface area (Å²) >= 11 is 12.4. The van der Waals surface area contributed by atoms with Crippen LogP contribution in [0.1, 0.15) is 11.1 Å². The summed E-state index contributed by atoms with van der Waals surface area (Å²) in [6.45, 7) is 1.13. The highest BCUT2D eigenvalue weighted by molar-refractivity contribution is 6.35. The van der Waals surface area contributed by atoms with Crippen LogP contribution in [0.4, 0.5) is 5.69 Å². The zero-order chi connectivity index (χ0) is 20.2. The molecule has 0 amide bonds. The van der Waals surface area contributed by atoms with Crippen molar-refractivity contribution in [2.45, 2.75) is 13.2 Å². The van der Waals surface area contributed by atoms with E-state index >= 15 is 0 Å². The summed E-state index contributed by atoms with van der Waals surface area (Å²) in [4.78, 5) is 0. The lowest BCUT2D eigenvalue weighted by atomic mass is 10.2. The molecule has 0 saturated heterocycles. The van der Waals surface area contributed by atoms with Crippen LogP contribution in [0, 0.1) is 0 Å². The second kappa shape index (κ2) is 8.72. The van der Waals surface area contributed by atoms with Crippen LogP contribution >= 0.6 is 23.2 Å². The van der Waals surface area contributed by atoms with Crippen molar-refractivity contribution in [3.05, 3.63) is 75.8 Å². The highest BCUT2D eigenvalue weighted by atomic mass is 35.5. The number of fused-ring (bicyclic) bond motifs is 1. The molecular weight excluding hydrogens is 413 g/mol. The van der Waals surface area contributed by atoms with E-state index in [1.54, 1.807) is 25.3 Å². The molecule has 1 N–H and O–H groups in total. The Hall–Kier alpha value is -2.76. The number of hydrogen-bond acceptors (Lipinski definition) is 5. The molecule has 3 aromatic carbocycles. The van der Waals surface area contributed by atoms with Crippen molar-refractivity contribution in [2.75, 3.05) is 19.2 Å². The summed E-state index contributed by atoms with van der Waals surface area (Å²) < 4.78 is 22.1. The maximum Gasteiger partial charge on any atom is 0.231 e. The molecule has 0 aliphatic carbocycles. The number of nitrogens with one attached hydrogen (secondary N) is 1. The van der Waals surface area contributed by atoms with Crippen molar-refractivity contribution >= 4 is 28.9 Å². The van der Waals surface area contributed by atoms with Gasteiger partial charge < -0.3 is 24.3 Å². The molecule has 0 unspecified atom stereocenters. The van der Waals surface area contributed by atoms with E-state index in [-0.39, 0.29) is 13.4 Å². The normalized spacial score (nSPS) is 12.0. The molecule has 1 aliphatic rings. The Balaban J connectivity index is 1.42. The van der Waals surface area contributed by atoms with Crippen LogP contribution in [0.3, 0.4) is 0 Å². The molecule has 29 heavy (non-hydrogen) atoms. The number of anilines is 1. The largest absolute Gasteiger partial charge is 0.493 e. The SMILES string of the molecule is COc1cc(CNc2ccc3c(c2)OCO3)ccc1OCc1c(Cl)cccc1Cl. The molecule has 7 heteroatoms. The van der Waals surface area contributed by atoms with Crippen molar-refractivity contribution in [3.8, 4) is 23.0 Å². The van der Waals surface area contributed by atoms with Gasteiger partial charge in [0.25, 0.3) is 0 Å². The predicted octanol–water partition coefficient (Wildman–Crippen LogP) is 5.92. The van der Waals surface area contributed by atoms with Crippen LogP contribution in [0.2, 0.25) is 10.0 Å². The number of methoxy groups -OCH3 is 1. The lowest BCUT2D eigenvalue weighted by molar-refractivity contribution is 0.174. The second-order valence-corrected chi connectivity index (χ2v) is 7.21. The first-order chi connectivity index (χ1) is 14.1. The van der Waals surface area contributed by atoms with Gasteiger partial charge in [0.15, 0.2) is 23.0 Å².